The van der Waals surface area contributed by atoms with Gasteiger partial charge in [0.05, 0.1) is 18.0 Å². The molecule has 8 heteroatoms. The van der Waals surface area contributed by atoms with E-state index in [0.717, 1.165) is 6.42 Å². The summed E-state index contributed by atoms with van der Waals surface area (Å²) >= 11 is 0. The van der Waals surface area contributed by atoms with Crippen molar-refractivity contribution in [2.45, 2.75) is 89.1 Å². The van der Waals surface area contributed by atoms with Gasteiger partial charge < -0.3 is 24.5 Å². The van der Waals surface area contributed by atoms with E-state index in [2.05, 4.69) is 6.92 Å². The minimum atomic E-state index is -1.49. The van der Waals surface area contributed by atoms with Crippen LogP contribution >= 0.6 is 0 Å². The highest BCUT2D eigenvalue weighted by atomic mass is 16.5. The van der Waals surface area contributed by atoms with Crippen LogP contribution in [-0.4, -0.2) is 51.0 Å². The second-order valence-electron chi connectivity index (χ2n) is 11.5. The Balaban J connectivity index is 1.64. The Morgan fingerprint density at radius 1 is 1.12 bits per heavy atom. The topological polar surface area (TPSA) is 134 Å². The molecule has 10 atom stereocenters. The number of ether oxygens (including phenoxy) is 1. The average Bonchev–Trinajstić information content (AvgIpc) is 3.00. The van der Waals surface area contributed by atoms with Crippen molar-refractivity contribution in [1.29, 1.82) is 0 Å². The molecule has 4 aliphatic carbocycles. The monoisotopic (exact) mass is 474 g/mol. The zero-order valence-electron chi connectivity index (χ0n) is 19.9. The van der Waals surface area contributed by atoms with Gasteiger partial charge in [0.1, 0.15) is 12.2 Å². The van der Waals surface area contributed by atoms with Crippen molar-refractivity contribution in [3.05, 3.63) is 34.4 Å². The van der Waals surface area contributed by atoms with Crippen LogP contribution in [0, 0.1) is 28.6 Å². The van der Waals surface area contributed by atoms with Gasteiger partial charge in [-0.1, -0.05) is 13.8 Å². The van der Waals surface area contributed by atoms with E-state index < -0.39 is 58.0 Å². The number of fused-ring (bicyclic) bond motifs is 5. The molecule has 186 valence electrons. The Hall–Kier alpha value is -2.03. The molecule has 0 spiro atoms. The molecule has 0 unspecified atom stereocenters. The van der Waals surface area contributed by atoms with Crippen molar-refractivity contribution in [2.75, 3.05) is 0 Å². The van der Waals surface area contributed by atoms with Gasteiger partial charge in [-0.05, 0) is 61.0 Å². The molecule has 1 aromatic heterocycles. The van der Waals surface area contributed by atoms with Crippen LogP contribution in [0.2, 0.25) is 0 Å². The fraction of sp³-hybridized carbons (Fsp3) is 0.731. The predicted octanol–water partition coefficient (Wildman–Crippen LogP) is 1.93. The first kappa shape index (κ1) is 23.7. The first-order valence-corrected chi connectivity index (χ1v) is 12.3. The zero-order chi connectivity index (χ0) is 24.6. The SMILES string of the molecule is CC(=O)O[C@H]1C[C@]2(O)[C@@H]3CC[C@@H]4C[C@@H](O)CC[C@]4(C)[C@H]3C(=O)[C@@H](O)[C@]2(C)[C@H]1c1ccc(=O)oc1. The summed E-state index contributed by atoms with van der Waals surface area (Å²) in [6, 6.07) is 2.80. The van der Waals surface area contributed by atoms with Crippen LogP contribution in [0.25, 0.3) is 0 Å². The third-order valence-corrected chi connectivity index (χ3v) is 10.1. The molecular weight excluding hydrogens is 440 g/mol. The normalized spacial score (nSPS) is 47.9. The van der Waals surface area contributed by atoms with Crippen molar-refractivity contribution in [3.63, 3.8) is 0 Å². The van der Waals surface area contributed by atoms with Gasteiger partial charge in [-0.3, -0.25) is 9.59 Å². The number of hydrogen-bond donors (Lipinski definition) is 3. The number of carbonyl (C=O) groups excluding carboxylic acids is 2. The van der Waals surface area contributed by atoms with Crippen LogP contribution in [-0.2, 0) is 14.3 Å². The summed E-state index contributed by atoms with van der Waals surface area (Å²) in [4.78, 5) is 37.6. The fourth-order valence-electron chi connectivity index (χ4n) is 8.45. The molecule has 4 aliphatic rings. The van der Waals surface area contributed by atoms with Gasteiger partial charge in [-0.2, -0.15) is 0 Å². The minimum Gasteiger partial charge on any atom is -0.462 e. The molecule has 1 heterocycles. The quantitative estimate of drug-likeness (QED) is 0.554. The van der Waals surface area contributed by atoms with Gasteiger partial charge in [0.15, 0.2) is 5.78 Å². The lowest BCUT2D eigenvalue weighted by Gasteiger charge is -2.63. The maximum absolute atomic E-state index is 13.9. The molecule has 4 fully saturated rings. The first-order valence-electron chi connectivity index (χ1n) is 12.3. The number of aliphatic hydroxyl groups is 3. The van der Waals surface area contributed by atoms with Gasteiger partial charge in [0.25, 0.3) is 0 Å². The number of esters is 1. The predicted molar refractivity (Wildman–Crippen MR) is 120 cm³/mol. The zero-order valence-corrected chi connectivity index (χ0v) is 19.9. The van der Waals surface area contributed by atoms with E-state index in [1.165, 1.54) is 19.3 Å². The van der Waals surface area contributed by atoms with Crippen LogP contribution in [0.3, 0.4) is 0 Å². The Bertz CT molecular complexity index is 1040. The van der Waals surface area contributed by atoms with Crippen LogP contribution in [0.1, 0.15) is 70.8 Å². The van der Waals surface area contributed by atoms with Crippen molar-refractivity contribution < 1.29 is 34.1 Å². The molecule has 8 nitrogen and oxygen atoms in total. The summed E-state index contributed by atoms with van der Waals surface area (Å²) < 4.78 is 10.7. The molecular formula is C26H34O8. The molecule has 0 amide bonds. The number of hydrogen-bond acceptors (Lipinski definition) is 8. The molecule has 1 aromatic rings. The highest BCUT2D eigenvalue weighted by molar-refractivity contribution is 5.89. The molecule has 0 saturated heterocycles. The minimum absolute atomic E-state index is 0.0851. The number of ketones is 1. The lowest BCUT2D eigenvalue weighted by molar-refractivity contribution is -0.230. The highest BCUT2D eigenvalue weighted by Gasteiger charge is 2.76. The summed E-state index contributed by atoms with van der Waals surface area (Å²) in [7, 11) is 0. The van der Waals surface area contributed by atoms with Gasteiger partial charge in [-0.15, -0.1) is 0 Å². The molecule has 5 rings (SSSR count). The number of Topliss-reactive ketones (excluding diaryl/α,β-unsaturated/α-hetero) is 1. The summed E-state index contributed by atoms with van der Waals surface area (Å²) in [6.45, 7) is 5.06. The third kappa shape index (κ3) is 3.04. The third-order valence-electron chi connectivity index (χ3n) is 10.1. The first-order chi connectivity index (χ1) is 15.9. The van der Waals surface area contributed by atoms with E-state index in [-0.39, 0.29) is 24.2 Å². The van der Waals surface area contributed by atoms with E-state index in [9.17, 15) is 29.7 Å². The van der Waals surface area contributed by atoms with Crippen LogP contribution in [0.5, 0.6) is 0 Å². The Morgan fingerprint density at radius 2 is 1.85 bits per heavy atom. The van der Waals surface area contributed by atoms with Crippen molar-refractivity contribution >= 4 is 11.8 Å². The van der Waals surface area contributed by atoms with E-state index >= 15 is 0 Å². The largest absolute Gasteiger partial charge is 0.462 e. The summed E-state index contributed by atoms with van der Waals surface area (Å²) in [5, 5.41) is 34.3. The maximum Gasteiger partial charge on any atom is 0.335 e. The molecule has 0 bridgehead atoms. The van der Waals surface area contributed by atoms with Crippen LogP contribution < -0.4 is 5.63 Å². The summed E-state index contributed by atoms with van der Waals surface area (Å²) in [5.41, 5.74) is -3.29. The van der Waals surface area contributed by atoms with Gasteiger partial charge >= 0.3 is 11.6 Å². The van der Waals surface area contributed by atoms with E-state index in [1.807, 2.05) is 0 Å². The highest BCUT2D eigenvalue weighted by Crippen LogP contribution is 2.70. The lowest BCUT2D eigenvalue weighted by Crippen LogP contribution is -2.70. The number of aliphatic hydroxyl groups excluding tert-OH is 2. The molecule has 3 N–H and O–H groups in total. The fourth-order valence-corrected chi connectivity index (χ4v) is 8.45. The molecule has 0 aliphatic heterocycles. The lowest BCUT2D eigenvalue weighted by atomic mass is 9.42. The van der Waals surface area contributed by atoms with E-state index in [1.54, 1.807) is 13.0 Å². The van der Waals surface area contributed by atoms with E-state index in [0.29, 0.717) is 31.2 Å². The maximum atomic E-state index is 13.9. The second-order valence-corrected chi connectivity index (χ2v) is 11.5. The van der Waals surface area contributed by atoms with Crippen molar-refractivity contribution in [3.8, 4) is 0 Å². The summed E-state index contributed by atoms with van der Waals surface area (Å²) in [6.07, 6.45) is 1.93. The van der Waals surface area contributed by atoms with Crippen LogP contribution in [0.4, 0.5) is 0 Å². The second kappa shape index (κ2) is 7.73. The van der Waals surface area contributed by atoms with Crippen LogP contribution in [0.15, 0.2) is 27.6 Å². The number of carbonyl (C=O) groups is 2. The number of rotatable bonds is 2. The van der Waals surface area contributed by atoms with E-state index in [4.69, 9.17) is 9.15 Å². The molecule has 0 radical (unpaired) electrons. The van der Waals surface area contributed by atoms with Gasteiger partial charge in [0, 0.05) is 36.7 Å². The molecule has 34 heavy (non-hydrogen) atoms. The molecule has 0 aromatic carbocycles. The smallest absolute Gasteiger partial charge is 0.335 e. The molecule has 4 saturated carbocycles. The Morgan fingerprint density at radius 3 is 2.50 bits per heavy atom. The Labute approximate surface area is 198 Å². The van der Waals surface area contributed by atoms with Gasteiger partial charge in [0.2, 0.25) is 0 Å². The average molecular weight is 475 g/mol. The standard InChI is InChI=1S/C26H34O8/c1-13(27)34-18-11-26(32)17-6-5-15-10-16(28)8-9-24(15,2)21(17)22(30)23(31)25(26,3)20(18)14-4-7-19(29)33-12-14/h4,7,12,15-18,20-21,23,28,31-32H,5-6,8-11H2,1-3H3/t15-,16+,17-,18+,20+,21-,23-,24+,25+,26+/m1/s1. The van der Waals surface area contributed by atoms with Crippen molar-refractivity contribution in [1.82, 2.24) is 0 Å². The van der Waals surface area contributed by atoms with Gasteiger partial charge in [-0.25, -0.2) is 4.79 Å². The Kier molecular flexibility index (Phi) is 5.39. The summed E-state index contributed by atoms with van der Waals surface area (Å²) in [5.74, 6) is -2.35. The van der Waals surface area contributed by atoms with Crippen molar-refractivity contribution in [2.24, 2.45) is 28.6 Å².